The number of ether oxygens (including phenoxy) is 2. The van der Waals surface area contributed by atoms with Gasteiger partial charge >= 0.3 is 0 Å². The first-order valence-corrected chi connectivity index (χ1v) is 5.38. The summed E-state index contributed by atoms with van der Waals surface area (Å²) in [5, 5.41) is 10.8. The van der Waals surface area contributed by atoms with E-state index >= 15 is 0 Å². The van der Waals surface area contributed by atoms with Crippen LogP contribution in [0.1, 0.15) is 10.4 Å². The second-order valence-electron chi connectivity index (χ2n) is 3.23. The third kappa shape index (κ3) is 1.91. The zero-order valence-electron chi connectivity index (χ0n) is 8.44. The molecule has 17 heavy (non-hydrogen) atoms. The van der Waals surface area contributed by atoms with Gasteiger partial charge in [0, 0.05) is 6.07 Å². The number of nitrogens with zero attached hydrogens (tertiary/aromatic N) is 1. The van der Waals surface area contributed by atoms with E-state index in [2.05, 4.69) is 15.9 Å². The van der Waals surface area contributed by atoms with Crippen molar-refractivity contribution < 1.29 is 19.2 Å². The van der Waals surface area contributed by atoms with Crippen LogP contribution in [0.2, 0.25) is 0 Å². The smallest absolute Gasteiger partial charge is 0.288 e. The van der Waals surface area contributed by atoms with Crippen molar-refractivity contribution in [1.82, 2.24) is 0 Å². The molecule has 0 atom stereocenters. The van der Waals surface area contributed by atoms with Gasteiger partial charge in [0.2, 0.25) is 0 Å². The van der Waals surface area contributed by atoms with Crippen LogP contribution in [0.25, 0.3) is 0 Å². The molecule has 0 aliphatic carbocycles. The number of hydrogen-bond donors (Lipinski definition) is 1. The van der Waals surface area contributed by atoms with Gasteiger partial charge in [0.25, 0.3) is 11.6 Å². The first kappa shape index (κ1) is 11.6. The molecular formula is C9H7BrN2O5. The van der Waals surface area contributed by atoms with Crippen LogP contribution < -0.4 is 15.2 Å². The van der Waals surface area contributed by atoms with E-state index in [0.29, 0.717) is 0 Å². The molecule has 0 spiro atoms. The number of nitro groups is 1. The van der Waals surface area contributed by atoms with Crippen LogP contribution in [-0.4, -0.2) is 24.0 Å². The molecule has 0 radical (unpaired) electrons. The molecular weight excluding hydrogens is 296 g/mol. The van der Waals surface area contributed by atoms with Crippen LogP contribution in [0.4, 0.5) is 5.69 Å². The Hall–Kier alpha value is -1.83. The molecule has 2 N–H and O–H groups in total. The number of carbonyl (C=O) groups excluding carboxylic acids is 1. The number of benzene rings is 1. The number of fused-ring (bicyclic) bond motifs is 1. The molecule has 8 heteroatoms. The molecule has 0 unspecified atom stereocenters. The van der Waals surface area contributed by atoms with Crippen molar-refractivity contribution in [1.29, 1.82) is 0 Å². The summed E-state index contributed by atoms with van der Waals surface area (Å²) < 4.78 is 10.6. The van der Waals surface area contributed by atoms with E-state index in [1.165, 1.54) is 0 Å². The number of carbonyl (C=O) groups is 1. The second-order valence-corrected chi connectivity index (χ2v) is 4.03. The predicted octanol–water partition coefficient (Wildman–Crippen LogP) is 1.23. The standard InChI is InChI=1S/C9H7BrN2O5/c10-6-5(12(14)15)3-4(9(11)13)7-8(6)17-2-1-16-7/h3H,1-2H2,(H2,11,13). The SMILES string of the molecule is NC(=O)c1cc([N+](=O)[O-])c(Br)c2c1OCCO2. The Morgan fingerprint density at radius 1 is 1.41 bits per heavy atom. The van der Waals surface area contributed by atoms with Crippen LogP contribution in [0, 0.1) is 10.1 Å². The lowest BCUT2D eigenvalue weighted by Crippen LogP contribution is -2.21. The monoisotopic (exact) mass is 302 g/mol. The number of rotatable bonds is 2. The van der Waals surface area contributed by atoms with Crippen molar-refractivity contribution >= 4 is 27.5 Å². The number of hydrogen-bond acceptors (Lipinski definition) is 5. The minimum absolute atomic E-state index is 0.0606. The summed E-state index contributed by atoms with van der Waals surface area (Å²) in [5.41, 5.74) is 4.80. The van der Waals surface area contributed by atoms with E-state index in [0.717, 1.165) is 6.07 Å². The summed E-state index contributed by atoms with van der Waals surface area (Å²) in [4.78, 5) is 21.4. The second kappa shape index (κ2) is 4.21. The molecule has 2 rings (SSSR count). The van der Waals surface area contributed by atoms with Crippen molar-refractivity contribution in [3.8, 4) is 11.5 Å². The first-order chi connectivity index (χ1) is 8.02. The lowest BCUT2D eigenvalue weighted by atomic mass is 10.1. The van der Waals surface area contributed by atoms with E-state index in [9.17, 15) is 14.9 Å². The van der Waals surface area contributed by atoms with Gasteiger partial charge in [0.05, 0.1) is 10.5 Å². The molecule has 0 bridgehead atoms. The van der Waals surface area contributed by atoms with Crippen LogP contribution in [-0.2, 0) is 0 Å². The fourth-order valence-corrected chi connectivity index (χ4v) is 2.03. The molecule has 0 saturated carbocycles. The Bertz CT molecular complexity index is 517. The van der Waals surface area contributed by atoms with Gasteiger partial charge in [-0.25, -0.2) is 0 Å². The highest BCUT2D eigenvalue weighted by Crippen LogP contribution is 2.45. The van der Waals surface area contributed by atoms with E-state index in [1.54, 1.807) is 0 Å². The quantitative estimate of drug-likeness (QED) is 0.653. The van der Waals surface area contributed by atoms with Crippen LogP contribution in [0.3, 0.4) is 0 Å². The zero-order chi connectivity index (χ0) is 12.6. The topological polar surface area (TPSA) is 105 Å². The average Bonchev–Trinajstić information content (AvgIpc) is 2.29. The molecule has 1 aromatic carbocycles. The third-order valence-electron chi connectivity index (χ3n) is 2.19. The van der Waals surface area contributed by atoms with Gasteiger partial charge in [-0.2, -0.15) is 0 Å². The van der Waals surface area contributed by atoms with Crippen molar-refractivity contribution in [2.75, 3.05) is 13.2 Å². The van der Waals surface area contributed by atoms with E-state index in [4.69, 9.17) is 15.2 Å². The fourth-order valence-electron chi connectivity index (χ4n) is 1.48. The molecule has 1 aliphatic rings. The van der Waals surface area contributed by atoms with E-state index in [1.807, 2.05) is 0 Å². The Morgan fingerprint density at radius 2 is 2.00 bits per heavy atom. The molecule has 1 aliphatic heterocycles. The van der Waals surface area contributed by atoms with Gasteiger partial charge in [-0.05, 0) is 15.9 Å². The average molecular weight is 303 g/mol. The summed E-state index contributed by atoms with van der Waals surface area (Å²) in [6, 6.07) is 1.07. The first-order valence-electron chi connectivity index (χ1n) is 4.58. The van der Waals surface area contributed by atoms with Gasteiger partial charge < -0.3 is 15.2 Å². The number of nitro benzene ring substituents is 1. The maximum absolute atomic E-state index is 11.2. The number of amides is 1. The van der Waals surface area contributed by atoms with Gasteiger partial charge in [0.1, 0.15) is 17.7 Å². The maximum Gasteiger partial charge on any atom is 0.288 e. The lowest BCUT2D eigenvalue weighted by molar-refractivity contribution is -0.385. The number of nitrogens with two attached hydrogens (primary N) is 1. The summed E-state index contributed by atoms with van der Waals surface area (Å²) in [7, 11) is 0. The van der Waals surface area contributed by atoms with Crippen LogP contribution in [0.5, 0.6) is 11.5 Å². The van der Waals surface area contributed by atoms with Crippen LogP contribution in [0.15, 0.2) is 10.5 Å². The largest absolute Gasteiger partial charge is 0.485 e. The Kier molecular flexibility index (Phi) is 2.88. The Morgan fingerprint density at radius 3 is 2.53 bits per heavy atom. The highest BCUT2D eigenvalue weighted by molar-refractivity contribution is 9.10. The summed E-state index contributed by atoms with van der Waals surface area (Å²) in [6.45, 7) is 0.516. The normalized spacial score (nSPS) is 13.2. The molecule has 7 nitrogen and oxygen atoms in total. The minimum atomic E-state index is -0.803. The highest BCUT2D eigenvalue weighted by Gasteiger charge is 2.29. The third-order valence-corrected chi connectivity index (χ3v) is 2.96. The molecule has 0 aromatic heterocycles. The number of halogens is 1. The number of primary amides is 1. The molecule has 90 valence electrons. The van der Waals surface area contributed by atoms with Crippen molar-refractivity contribution in [3.63, 3.8) is 0 Å². The van der Waals surface area contributed by atoms with Crippen LogP contribution >= 0.6 is 15.9 Å². The molecule has 0 saturated heterocycles. The van der Waals surface area contributed by atoms with Crippen molar-refractivity contribution in [2.45, 2.75) is 0 Å². The van der Waals surface area contributed by atoms with Gasteiger partial charge in [-0.1, -0.05) is 0 Å². The molecule has 1 amide bonds. The van der Waals surface area contributed by atoms with Crippen molar-refractivity contribution in [3.05, 3.63) is 26.2 Å². The Balaban J connectivity index is 2.72. The van der Waals surface area contributed by atoms with Gasteiger partial charge in [-0.3, -0.25) is 14.9 Å². The van der Waals surface area contributed by atoms with Gasteiger partial charge in [0.15, 0.2) is 11.5 Å². The summed E-state index contributed by atoms with van der Waals surface area (Å²) in [5.74, 6) is -0.525. The lowest BCUT2D eigenvalue weighted by Gasteiger charge is -2.21. The summed E-state index contributed by atoms with van der Waals surface area (Å²) in [6.07, 6.45) is 0. The predicted molar refractivity (Wildman–Crippen MR) is 60.3 cm³/mol. The molecule has 1 heterocycles. The minimum Gasteiger partial charge on any atom is -0.485 e. The van der Waals surface area contributed by atoms with Gasteiger partial charge in [-0.15, -0.1) is 0 Å². The molecule has 0 fully saturated rings. The highest BCUT2D eigenvalue weighted by atomic mass is 79.9. The fraction of sp³-hybridized carbons (Fsp3) is 0.222. The molecule has 1 aromatic rings. The van der Waals surface area contributed by atoms with E-state index < -0.39 is 10.8 Å². The maximum atomic E-state index is 11.2. The Labute approximate surface area is 104 Å². The van der Waals surface area contributed by atoms with E-state index in [-0.39, 0.29) is 40.4 Å². The zero-order valence-corrected chi connectivity index (χ0v) is 10.0. The summed E-state index contributed by atoms with van der Waals surface area (Å²) >= 11 is 3.05. The van der Waals surface area contributed by atoms with Crippen molar-refractivity contribution in [2.24, 2.45) is 5.73 Å².